The molecule has 0 bridgehead atoms. The summed E-state index contributed by atoms with van der Waals surface area (Å²) in [5, 5.41) is 0. The first-order valence-electron chi connectivity index (χ1n) is 8.75. The van der Waals surface area contributed by atoms with Crippen LogP contribution in [-0.2, 0) is 0 Å². The third kappa shape index (κ3) is 3.23. The van der Waals surface area contributed by atoms with Gasteiger partial charge >= 0.3 is 0 Å². The first-order chi connectivity index (χ1) is 10.3. The minimum atomic E-state index is 0.607. The topological polar surface area (TPSA) is 19.4 Å². The van der Waals surface area contributed by atoms with Crippen molar-refractivity contribution in [1.82, 2.24) is 9.88 Å². The second kappa shape index (κ2) is 6.78. The molecule has 2 aliphatic heterocycles. The van der Waals surface area contributed by atoms with Gasteiger partial charge in [-0.05, 0) is 69.3 Å². The van der Waals surface area contributed by atoms with Crippen molar-refractivity contribution in [3.8, 4) is 0 Å². The van der Waals surface area contributed by atoms with Crippen LogP contribution in [0.25, 0.3) is 0 Å². The number of pyridine rings is 1. The maximum atomic E-state index is 4.82. The largest absolute Gasteiger partial charge is 0.356 e. The number of rotatable bonds is 5. The third-order valence-corrected chi connectivity index (χ3v) is 5.02. The number of anilines is 1. The Morgan fingerprint density at radius 1 is 1.19 bits per heavy atom. The number of nitrogens with zero attached hydrogens (tertiary/aromatic N) is 3. The number of likely N-dealkylation sites (tertiary alicyclic amines) is 1. The van der Waals surface area contributed by atoms with Gasteiger partial charge in [0.05, 0.1) is 0 Å². The quantitative estimate of drug-likeness (QED) is 0.818. The molecule has 116 valence electrons. The molecule has 1 aromatic rings. The summed E-state index contributed by atoms with van der Waals surface area (Å²) in [5.41, 5.74) is 2.79. The summed E-state index contributed by atoms with van der Waals surface area (Å²) in [6.45, 7) is 9.38. The van der Waals surface area contributed by atoms with E-state index in [9.17, 15) is 0 Å². The van der Waals surface area contributed by atoms with E-state index in [0.29, 0.717) is 6.04 Å². The fourth-order valence-electron chi connectivity index (χ4n) is 3.86. The van der Waals surface area contributed by atoms with Gasteiger partial charge < -0.3 is 4.90 Å². The Morgan fingerprint density at radius 2 is 2.00 bits per heavy atom. The van der Waals surface area contributed by atoms with E-state index >= 15 is 0 Å². The van der Waals surface area contributed by atoms with Crippen molar-refractivity contribution in [3.63, 3.8) is 0 Å². The monoisotopic (exact) mass is 287 g/mol. The summed E-state index contributed by atoms with van der Waals surface area (Å²) in [4.78, 5) is 9.93. The first-order valence-corrected chi connectivity index (χ1v) is 8.75. The van der Waals surface area contributed by atoms with E-state index in [1.165, 1.54) is 81.6 Å². The summed E-state index contributed by atoms with van der Waals surface area (Å²) in [5.74, 6) is 1.22. The molecule has 3 nitrogen and oxygen atoms in total. The van der Waals surface area contributed by atoms with Crippen LogP contribution in [0, 0.1) is 6.92 Å². The van der Waals surface area contributed by atoms with Gasteiger partial charge in [0, 0.05) is 25.3 Å². The highest BCUT2D eigenvalue weighted by atomic mass is 15.2. The molecule has 0 aliphatic carbocycles. The zero-order valence-corrected chi connectivity index (χ0v) is 13.6. The van der Waals surface area contributed by atoms with E-state index in [4.69, 9.17) is 4.98 Å². The van der Waals surface area contributed by atoms with Crippen molar-refractivity contribution in [3.05, 3.63) is 23.4 Å². The standard InChI is InChI=1S/C18H29N3/c1-3-4-9-20-12-7-8-17(20)16-13-15(2)18(19-14-16)21-10-5-6-11-21/h13-14,17H,3-12H2,1-2H3. The summed E-state index contributed by atoms with van der Waals surface area (Å²) in [6.07, 6.45) is 10.0. The number of aryl methyl sites for hydroxylation is 1. The van der Waals surface area contributed by atoms with Crippen LogP contribution in [0.2, 0.25) is 0 Å². The highest BCUT2D eigenvalue weighted by molar-refractivity contribution is 5.48. The van der Waals surface area contributed by atoms with E-state index < -0.39 is 0 Å². The molecule has 1 unspecified atom stereocenters. The number of hydrogen-bond donors (Lipinski definition) is 0. The van der Waals surface area contributed by atoms with Crippen LogP contribution in [0.3, 0.4) is 0 Å². The number of unbranched alkanes of at least 4 members (excludes halogenated alkanes) is 1. The molecule has 1 aromatic heterocycles. The van der Waals surface area contributed by atoms with Gasteiger partial charge in [-0.25, -0.2) is 4.98 Å². The lowest BCUT2D eigenvalue weighted by Gasteiger charge is -2.26. The molecule has 0 aromatic carbocycles. The minimum absolute atomic E-state index is 0.607. The van der Waals surface area contributed by atoms with E-state index in [-0.39, 0.29) is 0 Å². The molecule has 3 rings (SSSR count). The molecular formula is C18H29N3. The van der Waals surface area contributed by atoms with Crippen LogP contribution in [0.4, 0.5) is 5.82 Å². The van der Waals surface area contributed by atoms with Gasteiger partial charge in [0.1, 0.15) is 5.82 Å². The lowest BCUT2D eigenvalue weighted by atomic mass is 10.0. The summed E-state index contributed by atoms with van der Waals surface area (Å²) < 4.78 is 0. The predicted molar refractivity (Wildman–Crippen MR) is 88.9 cm³/mol. The Kier molecular flexibility index (Phi) is 4.79. The second-order valence-corrected chi connectivity index (χ2v) is 6.65. The van der Waals surface area contributed by atoms with Crippen molar-refractivity contribution >= 4 is 5.82 Å². The number of aromatic nitrogens is 1. The van der Waals surface area contributed by atoms with Crippen molar-refractivity contribution in [2.75, 3.05) is 31.1 Å². The Balaban J connectivity index is 1.74. The van der Waals surface area contributed by atoms with Gasteiger partial charge in [0.2, 0.25) is 0 Å². The highest BCUT2D eigenvalue weighted by Crippen LogP contribution is 2.33. The molecule has 2 aliphatic rings. The molecule has 2 saturated heterocycles. The van der Waals surface area contributed by atoms with Crippen molar-refractivity contribution in [2.24, 2.45) is 0 Å². The fraction of sp³-hybridized carbons (Fsp3) is 0.722. The molecule has 0 saturated carbocycles. The molecule has 0 spiro atoms. The molecule has 0 radical (unpaired) electrons. The molecule has 3 heteroatoms. The molecule has 3 heterocycles. The van der Waals surface area contributed by atoms with Crippen LogP contribution in [0.15, 0.2) is 12.3 Å². The Hall–Kier alpha value is -1.09. The molecule has 0 N–H and O–H groups in total. The van der Waals surface area contributed by atoms with Gasteiger partial charge in [-0.3, -0.25) is 4.90 Å². The molecule has 2 fully saturated rings. The van der Waals surface area contributed by atoms with Crippen LogP contribution in [0.1, 0.15) is 62.6 Å². The van der Waals surface area contributed by atoms with Crippen LogP contribution >= 0.6 is 0 Å². The SMILES string of the molecule is CCCCN1CCCC1c1cnc(N2CCCC2)c(C)c1. The van der Waals surface area contributed by atoms with E-state index in [1.54, 1.807) is 0 Å². The van der Waals surface area contributed by atoms with Gasteiger partial charge in [-0.1, -0.05) is 13.3 Å². The highest BCUT2D eigenvalue weighted by Gasteiger charge is 2.26. The Labute approximate surface area is 129 Å². The molecule has 1 atom stereocenters. The lowest BCUT2D eigenvalue weighted by molar-refractivity contribution is 0.253. The fourth-order valence-corrected chi connectivity index (χ4v) is 3.86. The van der Waals surface area contributed by atoms with E-state index in [2.05, 4.69) is 35.9 Å². The number of hydrogen-bond acceptors (Lipinski definition) is 3. The smallest absolute Gasteiger partial charge is 0.131 e. The van der Waals surface area contributed by atoms with Crippen LogP contribution in [-0.4, -0.2) is 36.1 Å². The van der Waals surface area contributed by atoms with Gasteiger partial charge in [-0.15, -0.1) is 0 Å². The average molecular weight is 287 g/mol. The molecule has 0 amide bonds. The maximum absolute atomic E-state index is 4.82. The van der Waals surface area contributed by atoms with Crippen molar-refractivity contribution in [1.29, 1.82) is 0 Å². The summed E-state index contributed by atoms with van der Waals surface area (Å²) in [6, 6.07) is 3.01. The zero-order valence-electron chi connectivity index (χ0n) is 13.6. The van der Waals surface area contributed by atoms with Gasteiger partial charge in [0.15, 0.2) is 0 Å². The van der Waals surface area contributed by atoms with Crippen molar-refractivity contribution < 1.29 is 0 Å². The van der Waals surface area contributed by atoms with Gasteiger partial charge in [-0.2, -0.15) is 0 Å². The molecular weight excluding hydrogens is 258 g/mol. The first kappa shape index (κ1) is 14.8. The van der Waals surface area contributed by atoms with E-state index in [1.807, 2.05) is 0 Å². The van der Waals surface area contributed by atoms with E-state index in [0.717, 1.165) is 0 Å². The average Bonchev–Trinajstić information content (AvgIpc) is 3.16. The Morgan fingerprint density at radius 3 is 2.71 bits per heavy atom. The second-order valence-electron chi connectivity index (χ2n) is 6.65. The lowest BCUT2D eigenvalue weighted by Crippen LogP contribution is -2.25. The van der Waals surface area contributed by atoms with Gasteiger partial charge in [0.25, 0.3) is 0 Å². The van der Waals surface area contributed by atoms with Crippen LogP contribution in [0.5, 0.6) is 0 Å². The molecule has 21 heavy (non-hydrogen) atoms. The maximum Gasteiger partial charge on any atom is 0.131 e. The predicted octanol–water partition coefficient (Wildman–Crippen LogP) is 3.93. The normalized spacial score (nSPS) is 23.1. The zero-order chi connectivity index (χ0) is 14.7. The minimum Gasteiger partial charge on any atom is -0.356 e. The third-order valence-electron chi connectivity index (χ3n) is 5.02. The summed E-state index contributed by atoms with van der Waals surface area (Å²) in [7, 11) is 0. The summed E-state index contributed by atoms with van der Waals surface area (Å²) >= 11 is 0. The van der Waals surface area contributed by atoms with Crippen LogP contribution < -0.4 is 4.90 Å². The Bertz CT molecular complexity index is 466. The van der Waals surface area contributed by atoms with Crippen molar-refractivity contribution in [2.45, 2.75) is 58.4 Å².